The lowest BCUT2D eigenvalue weighted by Crippen LogP contribution is -2.11. The third-order valence-corrected chi connectivity index (χ3v) is 2.84. The highest BCUT2D eigenvalue weighted by Gasteiger charge is 2.12. The molecule has 1 unspecified atom stereocenters. The summed E-state index contributed by atoms with van der Waals surface area (Å²) < 4.78 is 0. The predicted octanol–water partition coefficient (Wildman–Crippen LogP) is 3.36. The zero-order valence-corrected chi connectivity index (χ0v) is 9.99. The summed E-state index contributed by atoms with van der Waals surface area (Å²) in [7, 11) is 0. The van der Waals surface area contributed by atoms with E-state index in [1.54, 1.807) is 13.0 Å². The summed E-state index contributed by atoms with van der Waals surface area (Å²) in [6.07, 6.45) is 1.10. The molecule has 0 radical (unpaired) electrons. The highest BCUT2D eigenvalue weighted by molar-refractivity contribution is 5.59. The Balaban J connectivity index is 2.81. The van der Waals surface area contributed by atoms with Crippen LogP contribution in [0, 0.1) is 23.0 Å². The first-order valence-electron chi connectivity index (χ1n) is 5.54. The third kappa shape index (κ3) is 2.95. The van der Waals surface area contributed by atoms with E-state index >= 15 is 0 Å². The molecule has 0 bridgehead atoms. The quantitative estimate of drug-likeness (QED) is 0.614. The molecule has 1 aromatic rings. The van der Waals surface area contributed by atoms with Crippen molar-refractivity contribution < 1.29 is 4.92 Å². The van der Waals surface area contributed by atoms with Crippen molar-refractivity contribution in [1.82, 2.24) is 0 Å². The van der Waals surface area contributed by atoms with Gasteiger partial charge in [0.05, 0.1) is 4.92 Å². The molecule has 0 heterocycles. The van der Waals surface area contributed by atoms with Crippen molar-refractivity contribution >= 4 is 11.4 Å². The lowest BCUT2D eigenvalue weighted by Gasteiger charge is -2.13. The van der Waals surface area contributed by atoms with Gasteiger partial charge in [0.15, 0.2) is 0 Å². The highest BCUT2D eigenvalue weighted by atomic mass is 16.6. The maximum absolute atomic E-state index is 10.7. The van der Waals surface area contributed by atoms with Gasteiger partial charge in [0, 0.05) is 23.9 Å². The van der Waals surface area contributed by atoms with Crippen molar-refractivity contribution in [3.05, 3.63) is 33.9 Å². The average Bonchev–Trinajstić information content (AvgIpc) is 2.26. The molecule has 4 heteroatoms. The van der Waals surface area contributed by atoms with Gasteiger partial charge in [0.1, 0.15) is 0 Å². The molecule has 1 atom stereocenters. The lowest BCUT2D eigenvalue weighted by molar-refractivity contribution is -0.385. The Hall–Kier alpha value is -1.58. The first-order chi connectivity index (χ1) is 7.56. The molecule has 4 nitrogen and oxygen atoms in total. The number of nitro benzene ring substituents is 1. The lowest BCUT2D eigenvalue weighted by atomic mass is 10.1. The topological polar surface area (TPSA) is 55.2 Å². The summed E-state index contributed by atoms with van der Waals surface area (Å²) in [5.74, 6) is 0.568. The van der Waals surface area contributed by atoms with E-state index in [1.165, 1.54) is 6.07 Å². The monoisotopic (exact) mass is 222 g/mol. The van der Waals surface area contributed by atoms with Crippen molar-refractivity contribution in [3.63, 3.8) is 0 Å². The Kier molecular flexibility index (Phi) is 4.28. The molecule has 0 aliphatic heterocycles. The maximum Gasteiger partial charge on any atom is 0.274 e. The van der Waals surface area contributed by atoms with E-state index < -0.39 is 0 Å². The fraction of sp³-hybridized carbons (Fsp3) is 0.500. The Morgan fingerprint density at radius 2 is 2.19 bits per heavy atom. The van der Waals surface area contributed by atoms with E-state index in [4.69, 9.17) is 0 Å². The summed E-state index contributed by atoms with van der Waals surface area (Å²) in [5.41, 5.74) is 1.74. The minimum atomic E-state index is -0.343. The zero-order valence-electron chi connectivity index (χ0n) is 9.99. The third-order valence-electron chi connectivity index (χ3n) is 2.84. The molecule has 0 aromatic heterocycles. The summed E-state index contributed by atoms with van der Waals surface area (Å²) in [4.78, 5) is 10.4. The maximum atomic E-state index is 10.7. The number of hydrogen-bond acceptors (Lipinski definition) is 3. The van der Waals surface area contributed by atoms with Crippen molar-refractivity contribution in [2.75, 3.05) is 11.9 Å². The number of benzene rings is 1. The molecule has 0 amide bonds. The van der Waals surface area contributed by atoms with Crippen molar-refractivity contribution in [3.8, 4) is 0 Å². The van der Waals surface area contributed by atoms with Gasteiger partial charge in [0.2, 0.25) is 0 Å². The van der Waals surface area contributed by atoms with E-state index in [0.717, 1.165) is 18.7 Å². The van der Waals surface area contributed by atoms with Crippen molar-refractivity contribution in [2.24, 2.45) is 5.92 Å². The number of nitrogens with zero attached hydrogens (tertiary/aromatic N) is 1. The van der Waals surface area contributed by atoms with Crippen LogP contribution in [0.25, 0.3) is 0 Å². The molecule has 0 spiro atoms. The Labute approximate surface area is 95.8 Å². The normalized spacial score (nSPS) is 12.2. The average molecular weight is 222 g/mol. The first-order valence-corrected chi connectivity index (χ1v) is 5.54. The van der Waals surface area contributed by atoms with Gasteiger partial charge in [-0.1, -0.05) is 26.3 Å². The number of rotatable bonds is 5. The number of anilines is 1. The van der Waals surface area contributed by atoms with Gasteiger partial charge in [-0.3, -0.25) is 10.1 Å². The molecule has 0 saturated carbocycles. The smallest absolute Gasteiger partial charge is 0.274 e. The van der Waals surface area contributed by atoms with E-state index in [2.05, 4.69) is 19.2 Å². The van der Waals surface area contributed by atoms with Crippen LogP contribution < -0.4 is 5.32 Å². The molecule has 0 fully saturated rings. The molecule has 0 aliphatic carbocycles. The first kappa shape index (κ1) is 12.5. The molecule has 16 heavy (non-hydrogen) atoms. The van der Waals surface area contributed by atoms with Gasteiger partial charge in [-0.25, -0.2) is 0 Å². The van der Waals surface area contributed by atoms with Crippen LogP contribution in [0.2, 0.25) is 0 Å². The standard InChI is InChI=1S/C12H18N2O2/c1-4-9(2)8-13-11-6-5-7-12(10(11)3)14(15)16/h5-7,9,13H,4,8H2,1-3H3. The summed E-state index contributed by atoms with van der Waals surface area (Å²) in [6.45, 7) is 6.90. The molecule has 1 rings (SSSR count). The fourth-order valence-electron chi connectivity index (χ4n) is 1.44. The number of hydrogen-bond donors (Lipinski definition) is 1. The van der Waals surface area contributed by atoms with Gasteiger partial charge in [-0.15, -0.1) is 0 Å². The van der Waals surface area contributed by atoms with Gasteiger partial charge < -0.3 is 5.32 Å². The summed E-state index contributed by atoms with van der Waals surface area (Å²) in [6, 6.07) is 5.12. The zero-order chi connectivity index (χ0) is 12.1. The van der Waals surface area contributed by atoms with Gasteiger partial charge >= 0.3 is 0 Å². The van der Waals surface area contributed by atoms with E-state index in [9.17, 15) is 10.1 Å². The van der Waals surface area contributed by atoms with Gasteiger partial charge in [-0.05, 0) is 18.9 Å². The predicted molar refractivity (Wildman–Crippen MR) is 65.8 cm³/mol. The SMILES string of the molecule is CCC(C)CNc1cccc([N+](=O)[O-])c1C. The highest BCUT2D eigenvalue weighted by Crippen LogP contribution is 2.25. The fourth-order valence-corrected chi connectivity index (χ4v) is 1.44. The molecule has 1 N–H and O–H groups in total. The van der Waals surface area contributed by atoms with Crippen LogP contribution >= 0.6 is 0 Å². The van der Waals surface area contributed by atoms with Crippen LogP contribution in [0.3, 0.4) is 0 Å². The second kappa shape index (κ2) is 5.49. The number of nitrogens with one attached hydrogen (secondary N) is 1. The minimum absolute atomic E-state index is 0.175. The molecule has 0 saturated heterocycles. The molecular weight excluding hydrogens is 204 g/mol. The van der Waals surface area contributed by atoms with E-state index in [-0.39, 0.29) is 10.6 Å². The second-order valence-corrected chi connectivity index (χ2v) is 4.10. The largest absolute Gasteiger partial charge is 0.384 e. The molecule has 0 aliphatic rings. The van der Waals surface area contributed by atoms with E-state index in [1.807, 2.05) is 6.07 Å². The van der Waals surface area contributed by atoms with Crippen LogP contribution in [0.15, 0.2) is 18.2 Å². The van der Waals surface area contributed by atoms with E-state index in [0.29, 0.717) is 11.5 Å². The van der Waals surface area contributed by atoms with Crippen molar-refractivity contribution in [1.29, 1.82) is 0 Å². The van der Waals surface area contributed by atoms with Crippen LogP contribution in [-0.4, -0.2) is 11.5 Å². The Bertz CT molecular complexity index is 377. The number of nitro groups is 1. The van der Waals surface area contributed by atoms with Crippen LogP contribution in [0.1, 0.15) is 25.8 Å². The van der Waals surface area contributed by atoms with Gasteiger partial charge in [-0.2, -0.15) is 0 Å². The summed E-state index contributed by atoms with van der Waals surface area (Å²) >= 11 is 0. The second-order valence-electron chi connectivity index (χ2n) is 4.10. The molecule has 1 aromatic carbocycles. The molecule has 88 valence electrons. The minimum Gasteiger partial charge on any atom is -0.384 e. The Morgan fingerprint density at radius 3 is 2.75 bits per heavy atom. The van der Waals surface area contributed by atoms with Crippen LogP contribution in [0.5, 0.6) is 0 Å². The van der Waals surface area contributed by atoms with Crippen molar-refractivity contribution in [2.45, 2.75) is 27.2 Å². The summed E-state index contributed by atoms with van der Waals surface area (Å²) in [5, 5.41) is 14.0. The van der Waals surface area contributed by atoms with Crippen LogP contribution in [-0.2, 0) is 0 Å². The van der Waals surface area contributed by atoms with Gasteiger partial charge in [0.25, 0.3) is 5.69 Å². The Morgan fingerprint density at radius 1 is 1.50 bits per heavy atom. The van der Waals surface area contributed by atoms with Crippen LogP contribution in [0.4, 0.5) is 11.4 Å². The molecular formula is C12H18N2O2.